The lowest BCUT2D eigenvalue weighted by Crippen LogP contribution is -2.24. The Hall–Kier alpha value is -2.95. The maximum absolute atomic E-state index is 12.8. The Balaban J connectivity index is 2.03. The van der Waals surface area contributed by atoms with Gasteiger partial charge in [-0.15, -0.1) is 0 Å². The Bertz CT molecular complexity index is 929. The molecule has 1 heterocycles. The highest BCUT2D eigenvalue weighted by atomic mass is 16.1. The van der Waals surface area contributed by atoms with Gasteiger partial charge in [-0.05, 0) is 12.1 Å². The zero-order valence-corrected chi connectivity index (χ0v) is 11.5. The largest absolute Gasteiger partial charge is 0.302 e. The Morgan fingerprint density at radius 1 is 0.818 bits per heavy atom. The minimum absolute atomic E-state index is 0.116. The molecule has 0 saturated carbocycles. The van der Waals surface area contributed by atoms with E-state index in [-0.39, 0.29) is 28.7 Å². The molecular formula is C17H9BN2O2. The highest BCUT2D eigenvalue weighted by Gasteiger charge is 2.34. The zero-order chi connectivity index (χ0) is 15.3. The molecule has 2 aromatic carbocycles. The van der Waals surface area contributed by atoms with E-state index in [2.05, 4.69) is 4.98 Å². The van der Waals surface area contributed by atoms with Crippen LogP contribution in [0.15, 0.2) is 54.6 Å². The molecule has 0 bridgehead atoms. The maximum Gasteiger partial charge on any atom is 0.214 e. The van der Waals surface area contributed by atoms with Crippen molar-refractivity contribution in [2.24, 2.45) is 0 Å². The first kappa shape index (κ1) is 12.8. The van der Waals surface area contributed by atoms with Gasteiger partial charge >= 0.3 is 0 Å². The van der Waals surface area contributed by atoms with Gasteiger partial charge in [0.2, 0.25) is 11.6 Å². The van der Waals surface area contributed by atoms with Crippen molar-refractivity contribution < 1.29 is 9.59 Å². The first-order chi connectivity index (χ1) is 10.7. The number of nitrogens with zero attached hydrogens (tertiary/aromatic N) is 2. The smallest absolute Gasteiger partial charge is 0.214 e. The average Bonchev–Trinajstić information content (AvgIpc) is 2.91. The van der Waals surface area contributed by atoms with Gasteiger partial charge in [0.05, 0.1) is 5.72 Å². The molecule has 0 unspecified atom stereocenters. The number of imidazole rings is 1. The summed E-state index contributed by atoms with van der Waals surface area (Å²) in [4.78, 5) is 29.5. The fraction of sp³-hybridized carbons (Fsp3) is 0. The third-order valence-electron chi connectivity index (χ3n) is 3.76. The number of ketones is 2. The second-order valence-corrected chi connectivity index (χ2v) is 5.04. The summed E-state index contributed by atoms with van der Waals surface area (Å²) < 4.78 is 1.53. The van der Waals surface area contributed by atoms with E-state index in [0.717, 1.165) is 0 Å². The summed E-state index contributed by atoms with van der Waals surface area (Å²) in [7, 11) is 5.96. The van der Waals surface area contributed by atoms with Gasteiger partial charge in [-0.1, -0.05) is 42.5 Å². The quantitative estimate of drug-likeness (QED) is 0.497. The predicted octanol–water partition coefficient (Wildman–Crippen LogP) is 1.44. The minimum atomic E-state index is -0.272. The van der Waals surface area contributed by atoms with E-state index in [9.17, 15) is 9.59 Å². The van der Waals surface area contributed by atoms with Gasteiger partial charge < -0.3 is 4.57 Å². The lowest BCUT2D eigenvalue weighted by Gasteiger charge is -2.16. The van der Waals surface area contributed by atoms with E-state index in [0.29, 0.717) is 16.8 Å². The van der Waals surface area contributed by atoms with E-state index in [1.807, 2.05) is 30.3 Å². The van der Waals surface area contributed by atoms with E-state index in [1.54, 1.807) is 24.3 Å². The van der Waals surface area contributed by atoms with Crippen LogP contribution in [-0.4, -0.2) is 29.0 Å². The Labute approximate surface area is 127 Å². The molecule has 1 aliphatic carbocycles. The summed E-state index contributed by atoms with van der Waals surface area (Å²) in [6.07, 6.45) is 0. The van der Waals surface area contributed by atoms with Crippen LogP contribution >= 0.6 is 0 Å². The molecule has 1 aromatic heterocycles. The van der Waals surface area contributed by atoms with Crippen molar-refractivity contribution >= 4 is 25.1 Å². The van der Waals surface area contributed by atoms with Crippen LogP contribution in [0.2, 0.25) is 0 Å². The lowest BCUT2D eigenvalue weighted by molar-refractivity contribution is 0.0972. The van der Waals surface area contributed by atoms with Gasteiger partial charge in [0, 0.05) is 16.8 Å². The Morgan fingerprint density at radius 3 is 2.09 bits per heavy atom. The van der Waals surface area contributed by atoms with Crippen molar-refractivity contribution in [2.75, 3.05) is 0 Å². The summed E-state index contributed by atoms with van der Waals surface area (Å²) >= 11 is 0. The molecule has 0 saturated heterocycles. The number of rotatable bonds is 1. The van der Waals surface area contributed by atoms with E-state index >= 15 is 0 Å². The van der Waals surface area contributed by atoms with E-state index in [1.165, 1.54) is 4.57 Å². The normalized spacial score (nSPS) is 12.9. The highest BCUT2D eigenvalue weighted by Crippen LogP contribution is 2.27. The van der Waals surface area contributed by atoms with Gasteiger partial charge in [0.25, 0.3) is 0 Å². The van der Waals surface area contributed by atoms with Gasteiger partial charge in [0.15, 0.2) is 7.85 Å². The summed E-state index contributed by atoms with van der Waals surface area (Å²) in [6, 6.07) is 15.9. The SMILES string of the molecule is [B]c1nc2c(n1-c1ccccc1)C(=O)c1ccccc1C2=O. The average molecular weight is 284 g/mol. The molecular weight excluding hydrogens is 275 g/mol. The van der Waals surface area contributed by atoms with Crippen LogP contribution in [0, 0.1) is 0 Å². The molecule has 3 aromatic rings. The number of carbonyl (C=O) groups is 2. The van der Waals surface area contributed by atoms with Gasteiger partial charge in [0.1, 0.15) is 11.4 Å². The molecule has 4 rings (SSSR count). The van der Waals surface area contributed by atoms with Crippen molar-refractivity contribution in [2.45, 2.75) is 0 Å². The van der Waals surface area contributed by atoms with Crippen LogP contribution in [0.5, 0.6) is 0 Å². The number of hydrogen-bond donors (Lipinski definition) is 0. The molecule has 0 fully saturated rings. The van der Waals surface area contributed by atoms with Crippen LogP contribution in [0.3, 0.4) is 0 Å². The standard InChI is InChI=1S/C17H9BN2O2/c18-17-19-13-14(20(17)10-6-2-1-3-7-10)16(22)12-9-5-4-8-11(12)15(13)21/h1-9H. The van der Waals surface area contributed by atoms with Gasteiger partial charge in [-0.25, -0.2) is 4.98 Å². The molecule has 4 nitrogen and oxygen atoms in total. The van der Waals surface area contributed by atoms with Gasteiger partial charge in [-0.3, -0.25) is 9.59 Å². The Morgan fingerprint density at radius 2 is 1.41 bits per heavy atom. The van der Waals surface area contributed by atoms with Gasteiger partial charge in [-0.2, -0.15) is 0 Å². The van der Waals surface area contributed by atoms with E-state index in [4.69, 9.17) is 7.85 Å². The fourth-order valence-corrected chi connectivity index (χ4v) is 2.78. The number of benzene rings is 2. The van der Waals surface area contributed by atoms with Crippen molar-refractivity contribution in [3.8, 4) is 5.69 Å². The summed E-state index contributed by atoms with van der Waals surface area (Å²) in [6.45, 7) is 0. The zero-order valence-electron chi connectivity index (χ0n) is 11.5. The van der Waals surface area contributed by atoms with Crippen molar-refractivity contribution in [1.29, 1.82) is 0 Å². The summed E-state index contributed by atoms with van der Waals surface area (Å²) in [5, 5.41) is 0. The first-order valence-electron chi connectivity index (χ1n) is 6.80. The second-order valence-electron chi connectivity index (χ2n) is 5.04. The predicted molar refractivity (Wildman–Crippen MR) is 82.3 cm³/mol. The highest BCUT2D eigenvalue weighted by molar-refractivity contribution is 6.33. The van der Waals surface area contributed by atoms with Crippen molar-refractivity contribution in [1.82, 2.24) is 9.55 Å². The molecule has 0 spiro atoms. The third kappa shape index (κ3) is 1.62. The molecule has 0 N–H and O–H groups in total. The number of fused-ring (bicyclic) bond motifs is 2. The van der Waals surface area contributed by atoms with Crippen LogP contribution in [-0.2, 0) is 0 Å². The molecule has 1 aliphatic rings. The molecule has 102 valence electrons. The topological polar surface area (TPSA) is 52.0 Å². The number of carbonyl (C=O) groups excluding carboxylic acids is 2. The second kappa shape index (κ2) is 4.53. The monoisotopic (exact) mass is 284 g/mol. The fourth-order valence-electron chi connectivity index (χ4n) is 2.78. The number of hydrogen-bond acceptors (Lipinski definition) is 3. The summed E-state index contributed by atoms with van der Waals surface area (Å²) in [5.41, 5.74) is 1.94. The Kier molecular flexibility index (Phi) is 2.63. The molecule has 0 atom stereocenters. The van der Waals surface area contributed by atoms with E-state index < -0.39 is 0 Å². The maximum atomic E-state index is 12.8. The molecule has 0 aliphatic heterocycles. The van der Waals surface area contributed by atoms with Crippen LogP contribution in [0.25, 0.3) is 5.69 Å². The molecule has 2 radical (unpaired) electrons. The minimum Gasteiger partial charge on any atom is -0.302 e. The van der Waals surface area contributed by atoms with Crippen LogP contribution in [0.1, 0.15) is 32.1 Å². The number of para-hydroxylation sites is 1. The third-order valence-corrected chi connectivity index (χ3v) is 3.76. The van der Waals surface area contributed by atoms with Crippen molar-refractivity contribution in [3.05, 3.63) is 77.1 Å². The molecule has 0 amide bonds. The molecule has 22 heavy (non-hydrogen) atoms. The number of aromatic nitrogens is 2. The summed E-state index contributed by atoms with van der Waals surface area (Å²) in [5.74, 6) is -0.509. The lowest BCUT2D eigenvalue weighted by atomic mass is 9.90. The van der Waals surface area contributed by atoms with Crippen molar-refractivity contribution in [3.63, 3.8) is 0 Å². The van der Waals surface area contributed by atoms with Crippen LogP contribution < -0.4 is 5.72 Å². The molecule has 5 heteroatoms. The first-order valence-corrected chi connectivity index (χ1v) is 6.80. The van der Waals surface area contributed by atoms with Crippen LogP contribution in [0.4, 0.5) is 0 Å².